The number of hydrogen-bond donors (Lipinski definition) is 3. The number of aromatic nitrogens is 1. The highest BCUT2D eigenvalue weighted by Gasteiger charge is 2.19. The van der Waals surface area contributed by atoms with Gasteiger partial charge in [0.1, 0.15) is 0 Å². The van der Waals surface area contributed by atoms with Gasteiger partial charge in [-0.15, -0.1) is 0 Å². The van der Waals surface area contributed by atoms with Crippen LogP contribution in [0.4, 0.5) is 5.69 Å². The van der Waals surface area contributed by atoms with Gasteiger partial charge < -0.3 is 16.0 Å². The smallest absolute Gasteiger partial charge is 0.0458 e. The molecule has 1 atom stereocenters. The Kier molecular flexibility index (Phi) is 1.92. The predicted octanol–water partition coefficient (Wildman–Crippen LogP) is 1.83. The fraction of sp³-hybridized carbons (Fsp3) is 0.333. The second-order valence-corrected chi connectivity index (χ2v) is 4.24. The van der Waals surface area contributed by atoms with E-state index in [0.717, 1.165) is 18.8 Å². The topological polar surface area (TPSA) is 53.8 Å². The van der Waals surface area contributed by atoms with Gasteiger partial charge in [-0.1, -0.05) is 0 Å². The highest BCUT2D eigenvalue weighted by molar-refractivity contribution is 5.86. The molecule has 2 aromatic rings. The molecule has 4 N–H and O–H groups in total. The van der Waals surface area contributed by atoms with E-state index in [-0.39, 0.29) is 0 Å². The molecule has 3 heteroatoms. The van der Waals surface area contributed by atoms with E-state index in [9.17, 15) is 0 Å². The van der Waals surface area contributed by atoms with Gasteiger partial charge in [-0.2, -0.15) is 0 Å². The normalized spacial score (nSPS) is 21.2. The van der Waals surface area contributed by atoms with E-state index in [4.69, 9.17) is 5.73 Å². The molecule has 1 fully saturated rings. The van der Waals surface area contributed by atoms with E-state index < -0.39 is 0 Å². The van der Waals surface area contributed by atoms with Gasteiger partial charge in [-0.05, 0) is 42.6 Å². The summed E-state index contributed by atoms with van der Waals surface area (Å²) in [6.07, 6.45) is 3.35. The number of fused-ring (bicyclic) bond motifs is 1. The Morgan fingerprint density at radius 3 is 3.07 bits per heavy atom. The fourth-order valence-electron chi connectivity index (χ4n) is 2.42. The van der Waals surface area contributed by atoms with Crippen molar-refractivity contribution in [3.05, 3.63) is 30.0 Å². The van der Waals surface area contributed by atoms with E-state index in [1.807, 2.05) is 6.07 Å². The lowest BCUT2D eigenvalue weighted by atomic mass is 9.98. The summed E-state index contributed by atoms with van der Waals surface area (Å²) in [5, 5.41) is 4.68. The van der Waals surface area contributed by atoms with Gasteiger partial charge in [0.15, 0.2) is 0 Å². The van der Waals surface area contributed by atoms with Crippen LogP contribution in [0.2, 0.25) is 0 Å². The first-order chi connectivity index (χ1) is 7.34. The Labute approximate surface area is 88.7 Å². The minimum atomic E-state index is 0.639. The molecule has 1 aliphatic heterocycles. The third kappa shape index (κ3) is 1.39. The van der Waals surface area contributed by atoms with Crippen LogP contribution < -0.4 is 11.1 Å². The van der Waals surface area contributed by atoms with Crippen molar-refractivity contribution < 1.29 is 0 Å². The first-order valence-electron chi connectivity index (χ1n) is 5.42. The van der Waals surface area contributed by atoms with Crippen molar-refractivity contribution in [2.45, 2.75) is 12.3 Å². The molecular formula is C12H15N3. The van der Waals surface area contributed by atoms with Crippen LogP contribution in [0.3, 0.4) is 0 Å². The van der Waals surface area contributed by atoms with Crippen LogP contribution in [0, 0.1) is 0 Å². The quantitative estimate of drug-likeness (QED) is 0.616. The minimum Gasteiger partial charge on any atom is -0.399 e. The van der Waals surface area contributed by atoms with Crippen LogP contribution in [-0.2, 0) is 0 Å². The molecule has 2 heterocycles. The number of nitrogens with two attached hydrogens (primary N) is 1. The highest BCUT2D eigenvalue weighted by Crippen LogP contribution is 2.30. The van der Waals surface area contributed by atoms with Gasteiger partial charge in [0, 0.05) is 29.3 Å². The Hall–Kier alpha value is -1.48. The average Bonchev–Trinajstić information content (AvgIpc) is 2.83. The number of aromatic amines is 1. The third-order valence-electron chi connectivity index (χ3n) is 3.24. The minimum absolute atomic E-state index is 0.639. The Morgan fingerprint density at radius 2 is 2.27 bits per heavy atom. The van der Waals surface area contributed by atoms with Gasteiger partial charge >= 0.3 is 0 Å². The van der Waals surface area contributed by atoms with Crippen molar-refractivity contribution in [3.63, 3.8) is 0 Å². The molecule has 0 saturated carbocycles. The Balaban J connectivity index is 2.13. The summed E-state index contributed by atoms with van der Waals surface area (Å²) in [5.41, 5.74) is 9.25. The maximum Gasteiger partial charge on any atom is 0.0458 e. The predicted molar refractivity (Wildman–Crippen MR) is 62.9 cm³/mol. The first kappa shape index (κ1) is 8.80. The largest absolute Gasteiger partial charge is 0.399 e. The molecule has 1 saturated heterocycles. The zero-order valence-corrected chi connectivity index (χ0v) is 8.59. The van der Waals surface area contributed by atoms with Crippen LogP contribution in [0.5, 0.6) is 0 Å². The van der Waals surface area contributed by atoms with E-state index in [0.29, 0.717) is 5.92 Å². The number of nitrogen functional groups attached to an aromatic ring is 1. The number of nitrogens with one attached hydrogen (secondary N) is 2. The second-order valence-electron chi connectivity index (χ2n) is 4.24. The molecule has 1 unspecified atom stereocenters. The fourth-order valence-corrected chi connectivity index (χ4v) is 2.42. The Bertz CT molecular complexity index is 481. The lowest BCUT2D eigenvalue weighted by Crippen LogP contribution is -2.07. The van der Waals surface area contributed by atoms with Crippen LogP contribution in [0.25, 0.3) is 10.9 Å². The summed E-state index contributed by atoms with van der Waals surface area (Å²) in [7, 11) is 0. The molecule has 1 aromatic heterocycles. The van der Waals surface area contributed by atoms with Gasteiger partial charge in [0.05, 0.1) is 0 Å². The first-order valence-corrected chi connectivity index (χ1v) is 5.42. The Morgan fingerprint density at radius 1 is 1.33 bits per heavy atom. The molecule has 0 bridgehead atoms. The van der Waals surface area contributed by atoms with Crippen molar-refractivity contribution in [2.75, 3.05) is 18.8 Å². The van der Waals surface area contributed by atoms with Crippen LogP contribution in [-0.4, -0.2) is 18.1 Å². The van der Waals surface area contributed by atoms with Crippen molar-refractivity contribution >= 4 is 16.6 Å². The molecule has 1 aliphatic rings. The number of benzene rings is 1. The summed E-state index contributed by atoms with van der Waals surface area (Å²) in [4.78, 5) is 3.31. The maximum absolute atomic E-state index is 5.82. The summed E-state index contributed by atoms with van der Waals surface area (Å²) >= 11 is 0. The molecule has 1 aromatic carbocycles. The molecule has 3 nitrogen and oxygen atoms in total. The standard InChI is InChI=1S/C12H15N3/c13-9-1-2-12-10(5-9)11(7-15-12)8-3-4-14-6-8/h1-2,5,7-8,14-15H,3-4,6,13H2. The molecule has 3 rings (SSSR count). The molecule has 0 spiro atoms. The van der Waals surface area contributed by atoms with Gasteiger partial charge in [0.25, 0.3) is 0 Å². The van der Waals surface area contributed by atoms with Crippen molar-refractivity contribution in [3.8, 4) is 0 Å². The number of rotatable bonds is 1. The van der Waals surface area contributed by atoms with E-state index in [1.54, 1.807) is 0 Å². The zero-order valence-electron chi connectivity index (χ0n) is 8.59. The monoisotopic (exact) mass is 201 g/mol. The van der Waals surface area contributed by atoms with Gasteiger partial charge in [0.2, 0.25) is 0 Å². The summed E-state index contributed by atoms with van der Waals surface area (Å²) in [6.45, 7) is 2.21. The lowest BCUT2D eigenvalue weighted by Gasteiger charge is -2.06. The van der Waals surface area contributed by atoms with Crippen LogP contribution in [0.1, 0.15) is 17.9 Å². The summed E-state index contributed by atoms with van der Waals surface area (Å²) in [5.74, 6) is 0.639. The van der Waals surface area contributed by atoms with E-state index >= 15 is 0 Å². The second kappa shape index (κ2) is 3.28. The molecular weight excluding hydrogens is 186 g/mol. The van der Waals surface area contributed by atoms with E-state index in [2.05, 4.69) is 28.6 Å². The van der Waals surface area contributed by atoms with Gasteiger partial charge in [-0.25, -0.2) is 0 Å². The number of anilines is 1. The number of hydrogen-bond acceptors (Lipinski definition) is 2. The zero-order chi connectivity index (χ0) is 10.3. The summed E-state index contributed by atoms with van der Waals surface area (Å²) in [6, 6.07) is 6.06. The molecule has 0 radical (unpaired) electrons. The van der Waals surface area contributed by atoms with Crippen LogP contribution in [0.15, 0.2) is 24.4 Å². The molecule has 0 aliphatic carbocycles. The van der Waals surface area contributed by atoms with Crippen molar-refractivity contribution in [1.82, 2.24) is 10.3 Å². The number of H-pyrrole nitrogens is 1. The molecule has 0 amide bonds. The molecule has 15 heavy (non-hydrogen) atoms. The molecule has 78 valence electrons. The highest BCUT2D eigenvalue weighted by atomic mass is 14.9. The average molecular weight is 201 g/mol. The lowest BCUT2D eigenvalue weighted by molar-refractivity contribution is 0.770. The third-order valence-corrected chi connectivity index (χ3v) is 3.24. The van der Waals surface area contributed by atoms with Crippen molar-refractivity contribution in [2.24, 2.45) is 0 Å². The van der Waals surface area contributed by atoms with Crippen LogP contribution >= 0.6 is 0 Å². The maximum atomic E-state index is 5.82. The SMILES string of the molecule is Nc1ccc2[nH]cc(C3CCNC3)c2c1. The van der Waals surface area contributed by atoms with Crippen molar-refractivity contribution in [1.29, 1.82) is 0 Å². The van der Waals surface area contributed by atoms with E-state index in [1.165, 1.54) is 22.9 Å². The van der Waals surface area contributed by atoms with Gasteiger partial charge in [-0.3, -0.25) is 0 Å². The summed E-state index contributed by atoms with van der Waals surface area (Å²) < 4.78 is 0.